The van der Waals surface area contributed by atoms with Gasteiger partial charge in [-0.2, -0.15) is 4.36 Å². The van der Waals surface area contributed by atoms with Crippen LogP contribution < -0.4 is 10.5 Å². The first-order chi connectivity index (χ1) is 16.1. The number of hydrogen-bond donors (Lipinski definition) is 1. The van der Waals surface area contributed by atoms with Gasteiger partial charge in [-0.3, -0.25) is 4.79 Å². The van der Waals surface area contributed by atoms with Crippen LogP contribution in [0.25, 0.3) is 10.9 Å². The molecule has 1 heterocycles. The summed E-state index contributed by atoms with van der Waals surface area (Å²) >= 11 is 0. The average molecular weight is 485 g/mol. The molecule has 2 aromatic carbocycles. The predicted octanol–water partition coefficient (Wildman–Crippen LogP) is 4.45. The van der Waals surface area contributed by atoms with Crippen LogP contribution in [-0.2, 0) is 20.9 Å². The summed E-state index contributed by atoms with van der Waals surface area (Å²) in [5, 5.41) is 0.886. The number of aryl methyl sites for hydroxylation is 1. The Morgan fingerprint density at radius 1 is 1.18 bits per heavy atom. The largest absolute Gasteiger partial charge is 0.490 e. The fourth-order valence-electron chi connectivity index (χ4n) is 4.50. The normalized spacial score (nSPS) is 18.6. The summed E-state index contributed by atoms with van der Waals surface area (Å²) in [5.74, 6) is -0.280. The van der Waals surface area contributed by atoms with E-state index in [0.717, 1.165) is 22.2 Å². The molecule has 7 nitrogen and oxygen atoms in total. The lowest BCUT2D eigenvalue weighted by Crippen LogP contribution is -2.31. The number of carbonyl (C=O) groups excluding carboxylic acids is 1. The van der Waals surface area contributed by atoms with Crippen molar-refractivity contribution in [2.45, 2.75) is 45.1 Å². The second kappa shape index (κ2) is 9.66. The Balaban J connectivity index is 1.64. The van der Waals surface area contributed by atoms with Gasteiger partial charge in [-0.15, -0.1) is 0 Å². The van der Waals surface area contributed by atoms with Crippen molar-refractivity contribution in [3.8, 4) is 5.75 Å². The number of halogens is 1. The third kappa shape index (κ3) is 5.70. The number of nitrogens with two attached hydrogens (primary N) is 1. The molecular formula is C25H29FN4O3S. The molecule has 0 aliphatic heterocycles. The maximum Gasteiger partial charge on any atom is 0.220 e. The summed E-state index contributed by atoms with van der Waals surface area (Å²) in [6.45, 7) is 1.95. The highest BCUT2D eigenvalue weighted by Crippen LogP contribution is 2.32. The van der Waals surface area contributed by atoms with Crippen molar-refractivity contribution < 1.29 is 18.1 Å². The van der Waals surface area contributed by atoms with E-state index in [1.807, 2.05) is 13.0 Å². The molecule has 0 unspecified atom stereocenters. The van der Waals surface area contributed by atoms with Crippen molar-refractivity contribution in [1.29, 1.82) is 0 Å². The predicted molar refractivity (Wildman–Crippen MR) is 131 cm³/mol. The van der Waals surface area contributed by atoms with Crippen molar-refractivity contribution in [1.82, 2.24) is 9.97 Å². The molecule has 1 fully saturated rings. The van der Waals surface area contributed by atoms with Crippen LogP contribution in [0.4, 0.5) is 10.1 Å². The minimum atomic E-state index is -2.30. The molecule has 1 aliphatic carbocycles. The minimum Gasteiger partial charge on any atom is -0.490 e. The number of carbonyl (C=O) groups is 1. The molecule has 0 bridgehead atoms. The SMILES string of the molecule is Cc1cc(N=S(C)(C)=O)cc2ncnc(Cc3ccc(F)cc3OC3CCC(C(N)=O)CC3)c12. The van der Waals surface area contributed by atoms with E-state index in [4.69, 9.17) is 10.5 Å². The van der Waals surface area contributed by atoms with Crippen LogP contribution in [0.15, 0.2) is 41.0 Å². The molecule has 4 rings (SSSR count). The second-order valence-electron chi connectivity index (χ2n) is 9.17. The van der Waals surface area contributed by atoms with Crippen molar-refractivity contribution in [3.63, 3.8) is 0 Å². The number of hydrogen-bond acceptors (Lipinski definition) is 6. The van der Waals surface area contributed by atoms with Crippen LogP contribution in [-0.4, -0.2) is 38.7 Å². The van der Waals surface area contributed by atoms with E-state index >= 15 is 0 Å². The lowest BCUT2D eigenvalue weighted by Gasteiger charge is -2.28. The molecule has 1 aromatic heterocycles. The van der Waals surface area contributed by atoms with Crippen molar-refractivity contribution in [2.24, 2.45) is 16.0 Å². The summed E-state index contributed by atoms with van der Waals surface area (Å²) in [5.41, 5.74) is 9.28. The van der Waals surface area contributed by atoms with Gasteiger partial charge in [0.25, 0.3) is 0 Å². The van der Waals surface area contributed by atoms with Gasteiger partial charge in [-0.1, -0.05) is 6.07 Å². The van der Waals surface area contributed by atoms with Gasteiger partial charge >= 0.3 is 0 Å². The maximum absolute atomic E-state index is 14.1. The zero-order valence-corrected chi connectivity index (χ0v) is 20.4. The Morgan fingerprint density at radius 3 is 2.59 bits per heavy atom. The molecular weight excluding hydrogens is 455 g/mol. The van der Waals surface area contributed by atoms with Crippen LogP contribution >= 0.6 is 0 Å². The zero-order valence-electron chi connectivity index (χ0n) is 19.6. The van der Waals surface area contributed by atoms with E-state index in [-0.39, 0.29) is 23.7 Å². The molecule has 0 spiro atoms. The lowest BCUT2D eigenvalue weighted by molar-refractivity contribution is -0.123. The maximum atomic E-state index is 14.1. The molecule has 0 atom stereocenters. The summed E-state index contributed by atoms with van der Waals surface area (Å²) in [6.07, 6.45) is 7.76. The molecule has 9 heteroatoms. The first-order valence-corrected chi connectivity index (χ1v) is 13.6. The topological polar surface area (TPSA) is 108 Å². The summed E-state index contributed by atoms with van der Waals surface area (Å²) in [6, 6.07) is 8.22. The van der Waals surface area contributed by atoms with Crippen LogP contribution in [0.3, 0.4) is 0 Å². The number of rotatable bonds is 6. The average Bonchev–Trinajstić information content (AvgIpc) is 2.74. The third-order valence-corrected chi connectivity index (χ3v) is 6.73. The molecule has 0 radical (unpaired) electrons. The molecule has 3 aromatic rings. The molecule has 1 saturated carbocycles. The minimum absolute atomic E-state index is 0.0952. The number of primary amides is 1. The molecule has 0 saturated heterocycles. The standard InChI is InChI=1S/C25H29FN4O3S/c1-15-10-19(30-34(2,3)32)13-22-24(15)21(28-14-29-22)11-17-4-7-18(26)12-23(17)33-20-8-5-16(6-9-20)25(27)31/h4,7,10,12-14,16,20H,5-6,8-9,11H2,1-3H3,(H2,27,31). The number of aromatic nitrogens is 2. The van der Waals surface area contributed by atoms with E-state index < -0.39 is 9.73 Å². The van der Waals surface area contributed by atoms with Crippen molar-refractivity contribution in [2.75, 3.05) is 12.5 Å². The second-order valence-corrected chi connectivity index (χ2v) is 11.7. The van der Waals surface area contributed by atoms with E-state index in [9.17, 15) is 13.4 Å². The van der Waals surface area contributed by atoms with Crippen molar-refractivity contribution >= 4 is 32.2 Å². The molecule has 180 valence electrons. The summed E-state index contributed by atoms with van der Waals surface area (Å²) in [4.78, 5) is 20.3. The molecule has 34 heavy (non-hydrogen) atoms. The molecule has 1 amide bonds. The number of fused-ring (bicyclic) bond motifs is 1. The zero-order chi connectivity index (χ0) is 24.5. The van der Waals surface area contributed by atoms with Gasteiger partial charge in [0.2, 0.25) is 5.91 Å². The Labute approximate surface area is 199 Å². The van der Waals surface area contributed by atoms with Crippen LogP contribution in [0, 0.1) is 18.7 Å². The number of nitrogens with zero attached hydrogens (tertiary/aromatic N) is 3. The van der Waals surface area contributed by atoms with Gasteiger partial charge in [0.15, 0.2) is 0 Å². The van der Waals surface area contributed by atoms with E-state index in [1.165, 1.54) is 18.5 Å². The van der Waals surface area contributed by atoms with E-state index in [1.54, 1.807) is 24.6 Å². The molecule has 1 aliphatic rings. The van der Waals surface area contributed by atoms with Crippen LogP contribution in [0.5, 0.6) is 5.75 Å². The van der Waals surface area contributed by atoms with Gasteiger partial charge in [0, 0.05) is 51.6 Å². The first kappa shape index (κ1) is 24.1. The van der Waals surface area contributed by atoms with E-state index in [2.05, 4.69) is 14.3 Å². The monoisotopic (exact) mass is 484 g/mol. The summed E-state index contributed by atoms with van der Waals surface area (Å²) < 4.78 is 36.7. The fourth-order valence-corrected chi connectivity index (χ4v) is 5.12. The van der Waals surface area contributed by atoms with Gasteiger partial charge in [-0.05, 0) is 56.4 Å². The number of benzene rings is 2. The Morgan fingerprint density at radius 2 is 1.91 bits per heavy atom. The Kier molecular flexibility index (Phi) is 6.84. The van der Waals surface area contributed by atoms with E-state index in [0.29, 0.717) is 49.1 Å². The van der Waals surface area contributed by atoms with Gasteiger partial charge < -0.3 is 10.5 Å². The highest BCUT2D eigenvalue weighted by Gasteiger charge is 2.26. The number of amides is 1. The third-order valence-electron chi connectivity index (χ3n) is 6.08. The summed E-state index contributed by atoms with van der Waals surface area (Å²) in [7, 11) is -2.30. The Bertz CT molecular complexity index is 1350. The van der Waals surface area contributed by atoms with Crippen molar-refractivity contribution in [3.05, 3.63) is 59.3 Å². The lowest BCUT2D eigenvalue weighted by atomic mass is 9.87. The number of ether oxygens (including phenoxy) is 1. The Hall–Kier alpha value is -3.07. The van der Waals surface area contributed by atoms with Gasteiger partial charge in [-0.25, -0.2) is 18.6 Å². The quantitative estimate of drug-likeness (QED) is 0.556. The highest BCUT2D eigenvalue weighted by molar-refractivity contribution is 7.92. The molecule has 2 N–H and O–H groups in total. The fraction of sp³-hybridized carbons (Fsp3) is 0.400. The smallest absolute Gasteiger partial charge is 0.220 e. The highest BCUT2D eigenvalue weighted by atomic mass is 32.2. The first-order valence-electron chi connectivity index (χ1n) is 11.2. The van der Waals surface area contributed by atoms with Gasteiger partial charge in [0.05, 0.1) is 23.0 Å². The van der Waals surface area contributed by atoms with Crippen LogP contribution in [0.2, 0.25) is 0 Å². The van der Waals surface area contributed by atoms with Gasteiger partial charge in [0.1, 0.15) is 17.9 Å². The van der Waals surface area contributed by atoms with Crippen LogP contribution in [0.1, 0.15) is 42.5 Å².